The molecule has 1 unspecified atom stereocenters. The Balaban J connectivity index is 2.53. The molecule has 0 aliphatic rings. The molecular formula is C9H12F2N2O2S. The Kier molecular flexibility index (Phi) is 4.19. The lowest BCUT2D eigenvalue weighted by atomic mass is 10.3. The Morgan fingerprint density at radius 1 is 1.69 bits per heavy atom. The molecule has 0 saturated carbocycles. The van der Waals surface area contributed by atoms with Crippen LogP contribution in [0.3, 0.4) is 0 Å². The molecule has 0 radical (unpaired) electrons. The van der Waals surface area contributed by atoms with Crippen molar-refractivity contribution in [2.45, 2.75) is 19.5 Å². The van der Waals surface area contributed by atoms with Crippen molar-refractivity contribution in [3.05, 3.63) is 15.8 Å². The largest absolute Gasteiger partial charge is 0.398 e. The Bertz CT molecular complexity index is 362. The monoisotopic (exact) mass is 250 g/mol. The molecule has 1 aromatic heterocycles. The van der Waals surface area contributed by atoms with Gasteiger partial charge in [-0.05, 0) is 13.0 Å². The van der Waals surface area contributed by atoms with Gasteiger partial charge in [-0.25, -0.2) is 8.78 Å². The Morgan fingerprint density at radius 3 is 2.75 bits per heavy atom. The molecule has 4 nitrogen and oxygen atoms in total. The predicted octanol–water partition coefficient (Wildman–Crippen LogP) is 0.995. The maximum Gasteiger partial charge on any atom is 0.265 e. The van der Waals surface area contributed by atoms with Gasteiger partial charge in [0.15, 0.2) is 0 Å². The van der Waals surface area contributed by atoms with E-state index in [1.807, 2.05) is 0 Å². The first kappa shape index (κ1) is 12.9. The number of thiophene rings is 1. The van der Waals surface area contributed by atoms with Crippen molar-refractivity contribution in [2.24, 2.45) is 0 Å². The smallest absolute Gasteiger partial charge is 0.265 e. The van der Waals surface area contributed by atoms with E-state index in [4.69, 9.17) is 10.8 Å². The lowest BCUT2D eigenvalue weighted by Crippen LogP contribution is -2.35. The lowest BCUT2D eigenvalue weighted by Gasteiger charge is -2.09. The summed E-state index contributed by atoms with van der Waals surface area (Å²) in [6.45, 7) is 1.28. The second-order valence-electron chi connectivity index (χ2n) is 3.23. The average molecular weight is 250 g/mol. The van der Waals surface area contributed by atoms with Gasteiger partial charge in [0.2, 0.25) is 0 Å². The number of nitrogens with one attached hydrogen (secondary N) is 1. The summed E-state index contributed by atoms with van der Waals surface area (Å²) >= 11 is 1.18. The number of rotatable bonds is 4. The van der Waals surface area contributed by atoms with E-state index < -0.39 is 25.0 Å². The Hall–Kier alpha value is -1.21. The van der Waals surface area contributed by atoms with Gasteiger partial charge in [-0.2, -0.15) is 0 Å². The molecule has 1 aromatic rings. The highest BCUT2D eigenvalue weighted by Gasteiger charge is 2.18. The summed E-state index contributed by atoms with van der Waals surface area (Å²) in [6.07, 6.45) is -4.71. The van der Waals surface area contributed by atoms with Gasteiger partial charge >= 0.3 is 0 Å². The number of aliphatic hydroxyl groups excluding tert-OH is 1. The van der Waals surface area contributed by atoms with Gasteiger partial charge in [-0.15, -0.1) is 11.3 Å². The zero-order chi connectivity index (χ0) is 12.3. The third kappa shape index (κ3) is 3.14. The number of aryl methyl sites for hydroxylation is 1. The van der Waals surface area contributed by atoms with E-state index in [0.29, 0.717) is 10.6 Å². The fraction of sp³-hybridized carbons (Fsp3) is 0.444. The van der Waals surface area contributed by atoms with Crippen molar-refractivity contribution in [1.29, 1.82) is 0 Å². The maximum absolute atomic E-state index is 11.9. The van der Waals surface area contributed by atoms with Gasteiger partial charge in [-0.1, -0.05) is 0 Å². The van der Waals surface area contributed by atoms with Crippen LogP contribution in [0.4, 0.5) is 14.5 Å². The quantitative estimate of drug-likeness (QED) is 0.746. The Labute approximate surface area is 95.1 Å². The summed E-state index contributed by atoms with van der Waals surface area (Å²) < 4.78 is 23.9. The molecular weight excluding hydrogens is 238 g/mol. The Morgan fingerprint density at radius 2 is 2.31 bits per heavy atom. The first-order valence-electron chi connectivity index (χ1n) is 4.52. The molecule has 0 spiro atoms. The SMILES string of the molecule is Cc1sc(C(=O)NCC(O)C(F)F)cc1N. The van der Waals surface area contributed by atoms with Crippen LogP contribution in [0.15, 0.2) is 6.07 Å². The van der Waals surface area contributed by atoms with Gasteiger partial charge in [0, 0.05) is 17.1 Å². The van der Waals surface area contributed by atoms with Crippen LogP contribution < -0.4 is 11.1 Å². The standard InChI is InChI=1S/C9H12F2N2O2S/c1-4-5(12)2-7(16-4)9(15)13-3-6(14)8(10)11/h2,6,8,14H,3,12H2,1H3,(H,13,15). The van der Waals surface area contributed by atoms with Crippen molar-refractivity contribution >= 4 is 22.9 Å². The van der Waals surface area contributed by atoms with Gasteiger partial charge in [0.1, 0.15) is 6.10 Å². The number of aliphatic hydroxyl groups is 1. The van der Waals surface area contributed by atoms with Crippen LogP contribution in [0.2, 0.25) is 0 Å². The normalized spacial score (nSPS) is 12.8. The number of carbonyl (C=O) groups is 1. The molecule has 1 rings (SSSR count). The molecule has 0 aromatic carbocycles. The zero-order valence-corrected chi connectivity index (χ0v) is 9.35. The van der Waals surface area contributed by atoms with Crippen molar-refractivity contribution in [2.75, 3.05) is 12.3 Å². The van der Waals surface area contributed by atoms with Crippen LogP contribution in [-0.4, -0.2) is 30.1 Å². The van der Waals surface area contributed by atoms with Crippen LogP contribution in [0, 0.1) is 6.92 Å². The topological polar surface area (TPSA) is 75.3 Å². The highest BCUT2D eigenvalue weighted by Crippen LogP contribution is 2.23. The lowest BCUT2D eigenvalue weighted by molar-refractivity contribution is -0.00268. The number of nitrogens with two attached hydrogens (primary N) is 1. The summed E-state index contributed by atoms with van der Waals surface area (Å²) in [4.78, 5) is 12.6. The van der Waals surface area contributed by atoms with Gasteiger partial charge in [0.25, 0.3) is 12.3 Å². The minimum Gasteiger partial charge on any atom is -0.398 e. The number of carbonyl (C=O) groups excluding carboxylic acids is 1. The van der Waals surface area contributed by atoms with E-state index in [1.54, 1.807) is 6.92 Å². The molecule has 1 amide bonds. The fourth-order valence-electron chi connectivity index (χ4n) is 0.982. The summed E-state index contributed by atoms with van der Waals surface area (Å²) in [5.41, 5.74) is 6.03. The molecule has 0 bridgehead atoms. The van der Waals surface area contributed by atoms with E-state index in [2.05, 4.69) is 5.32 Å². The second-order valence-corrected chi connectivity index (χ2v) is 4.49. The third-order valence-electron chi connectivity index (χ3n) is 1.94. The van der Waals surface area contributed by atoms with E-state index in [0.717, 1.165) is 4.88 Å². The van der Waals surface area contributed by atoms with E-state index in [-0.39, 0.29) is 0 Å². The molecule has 7 heteroatoms. The number of nitrogen functional groups attached to an aromatic ring is 1. The minimum atomic E-state index is -2.87. The van der Waals surface area contributed by atoms with E-state index >= 15 is 0 Å². The van der Waals surface area contributed by atoms with Crippen LogP contribution in [-0.2, 0) is 0 Å². The number of hydrogen-bond acceptors (Lipinski definition) is 4. The van der Waals surface area contributed by atoms with Crippen molar-refractivity contribution in [1.82, 2.24) is 5.32 Å². The molecule has 1 heterocycles. The summed E-state index contributed by atoms with van der Waals surface area (Å²) in [5, 5.41) is 11.0. The summed E-state index contributed by atoms with van der Waals surface area (Å²) in [6, 6.07) is 1.48. The fourth-order valence-corrected chi connectivity index (χ4v) is 1.84. The molecule has 90 valence electrons. The molecule has 0 aliphatic carbocycles. The van der Waals surface area contributed by atoms with Gasteiger partial charge < -0.3 is 16.2 Å². The molecule has 4 N–H and O–H groups in total. The number of halogens is 2. The van der Waals surface area contributed by atoms with Crippen LogP contribution in [0.25, 0.3) is 0 Å². The number of alkyl halides is 2. The zero-order valence-electron chi connectivity index (χ0n) is 8.54. The third-order valence-corrected chi connectivity index (χ3v) is 3.01. The highest BCUT2D eigenvalue weighted by atomic mass is 32.1. The van der Waals surface area contributed by atoms with E-state index in [1.165, 1.54) is 17.4 Å². The maximum atomic E-state index is 11.9. The summed E-state index contributed by atoms with van der Waals surface area (Å²) in [5.74, 6) is -0.510. The first-order valence-corrected chi connectivity index (χ1v) is 5.33. The summed E-state index contributed by atoms with van der Waals surface area (Å²) in [7, 11) is 0. The van der Waals surface area contributed by atoms with Crippen molar-refractivity contribution < 1.29 is 18.7 Å². The van der Waals surface area contributed by atoms with E-state index in [9.17, 15) is 13.6 Å². The van der Waals surface area contributed by atoms with Gasteiger partial charge in [-0.3, -0.25) is 4.79 Å². The minimum absolute atomic E-state index is 0.344. The number of hydrogen-bond donors (Lipinski definition) is 3. The molecule has 0 saturated heterocycles. The second kappa shape index (κ2) is 5.22. The number of anilines is 1. The van der Waals surface area contributed by atoms with Crippen LogP contribution in [0.1, 0.15) is 14.5 Å². The molecule has 0 aliphatic heterocycles. The van der Waals surface area contributed by atoms with Crippen LogP contribution >= 0.6 is 11.3 Å². The predicted molar refractivity (Wildman–Crippen MR) is 57.8 cm³/mol. The van der Waals surface area contributed by atoms with Crippen molar-refractivity contribution in [3.63, 3.8) is 0 Å². The highest BCUT2D eigenvalue weighted by molar-refractivity contribution is 7.14. The number of amides is 1. The van der Waals surface area contributed by atoms with Crippen molar-refractivity contribution in [3.8, 4) is 0 Å². The molecule has 0 fully saturated rings. The molecule has 16 heavy (non-hydrogen) atoms. The first-order chi connectivity index (χ1) is 7.41. The van der Waals surface area contributed by atoms with Crippen LogP contribution in [0.5, 0.6) is 0 Å². The average Bonchev–Trinajstić information content (AvgIpc) is 2.55. The van der Waals surface area contributed by atoms with Gasteiger partial charge in [0.05, 0.1) is 4.88 Å². The molecule has 1 atom stereocenters.